The molecule has 0 radical (unpaired) electrons. The summed E-state index contributed by atoms with van der Waals surface area (Å²) in [6.45, 7) is 0.965. The molecule has 1 aromatic carbocycles. The Kier molecular flexibility index (Phi) is 5.94. The Labute approximate surface area is 192 Å². The zero-order chi connectivity index (χ0) is 24.8. The molecule has 3 heterocycles. The molecule has 1 aliphatic heterocycles. The Morgan fingerprint density at radius 2 is 1.88 bits per heavy atom. The average molecular weight is 520 g/mol. The van der Waals surface area contributed by atoms with Crippen LogP contribution >= 0.6 is 11.3 Å². The van der Waals surface area contributed by atoms with Crippen LogP contribution in [0.5, 0.6) is 5.75 Å². The second kappa shape index (κ2) is 8.48. The van der Waals surface area contributed by atoms with Crippen LogP contribution in [0.2, 0.25) is 0 Å². The molecule has 0 saturated carbocycles. The highest BCUT2D eigenvalue weighted by Crippen LogP contribution is 2.29. The third-order valence-electron chi connectivity index (χ3n) is 4.89. The number of rotatable bonds is 5. The summed E-state index contributed by atoms with van der Waals surface area (Å²) >= 11 is 0.989. The number of aliphatic carboxylic acids is 1. The summed E-state index contributed by atoms with van der Waals surface area (Å²) in [6.07, 6.45) is -4.94. The number of carboxylic acids is 1. The lowest BCUT2D eigenvalue weighted by atomic mass is 10.2. The van der Waals surface area contributed by atoms with Gasteiger partial charge in [-0.15, -0.1) is 28.5 Å². The quantitative estimate of drug-likeness (QED) is 0.510. The summed E-state index contributed by atoms with van der Waals surface area (Å²) in [5.74, 6) is -2.05. The Balaban J connectivity index is 1.59. The van der Waals surface area contributed by atoms with Crippen LogP contribution in [-0.2, 0) is 14.8 Å². The minimum Gasteiger partial charge on any atom is -0.480 e. The number of alkyl halides is 3. The van der Waals surface area contributed by atoms with Gasteiger partial charge in [0.15, 0.2) is 0 Å². The lowest BCUT2D eigenvalue weighted by molar-refractivity contribution is -0.274. The molecule has 1 aliphatic rings. The van der Waals surface area contributed by atoms with Gasteiger partial charge in [0.25, 0.3) is 5.56 Å². The molecule has 0 unspecified atom stereocenters. The van der Waals surface area contributed by atoms with Crippen molar-refractivity contribution in [2.75, 3.05) is 24.5 Å². The first-order chi connectivity index (χ1) is 15.9. The van der Waals surface area contributed by atoms with Crippen LogP contribution in [0.4, 0.5) is 18.3 Å². The van der Waals surface area contributed by atoms with E-state index in [1.54, 1.807) is 0 Å². The first-order valence-electron chi connectivity index (χ1n) is 9.45. The number of fused-ring (bicyclic) bond motifs is 1. The zero-order valence-corrected chi connectivity index (χ0v) is 18.8. The number of carbonyl (C=O) groups is 1. The van der Waals surface area contributed by atoms with Crippen molar-refractivity contribution >= 4 is 37.4 Å². The monoisotopic (exact) mass is 520 g/mol. The highest BCUT2D eigenvalue weighted by molar-refractivity contribution is 7.89. The molecule has 12 nitrogen and oxygen atoms in total. The molecule has 1 fully saturated rings. The highest BCUT2D eigenvalue weighted by Gasteiger charge is 2.41. The molecule has 182 valence electrons. The van der Waals surface area contributed by atoms with Crippen molar-refractivity contribution in [1.82, 2.24) is 24.1 Å². The normalized spacial score (nSPS) is 17.8. The Morgan fingerprint density at radius 1 is 1.21 bits per heavy atom. The van der Waals surface area contributed by atoms with E-state index in [2.05, 4.69) is 20.0 Å². The van der Waals surface area contributed by atoms with Gasteiger partial charge < -0.3 is 14.7 Å². The van der Waals surface area contributed by atoms with Gasteiger partial charge in [0, 0.05) is 19.6 Å². The third kappa shape index (κ3) is 4.53. The van der Waals surface area contributed by atoms with E-state index < -0.39 is 39.7 Å². The number of sulfonamides is 1. The second-order valence-corrected chi connectivity index (χ2v) is 9.93. The lowest BCUT2D eigenvalue weighted by Gasteiger charge is -2.38. The number of hydrogen-bond acceptors (Lipinski definition) is 10. The molecule has 0 amide bonds. The fraction of sp³-hybridized carbons (Fsp3) is 0.353. The molecule has 3 aromatic rings. The second-order valence-electron chi connectivity index (χ2n) is 7.10. The summed E-state index contributed by atoms with van der Waals surface area (Å²) in [5.41, 5.74) is -0.359. The largest absolute Gasteiger partial charge is 0.573 e. The molecule has 34 heavy (non-hydrogen) atoms. The van der Waals surface area contributed by atoms with Gasteiger partial charge in [0.1, 0.15) is 17.5 Å². The van der Waals surface area contributed by atoms with Gasteiger partial charge in [0.2, 0.25) is 20.1 Å². The standard InChI is InChI=1S/C17H15F3N6O6S2/c1-9-13(27)26-15(22-21-9)33-16(23-26)24-6-7-25(12(8-24)14(28)29)34(30,31)11-4-2-10(3-5-11)32-17(18,19)20/h2-5,12H,6-8H2,1H3,(H,28,29)/t12-/m1/s1. The van der Waals surface area contributed by atoms with Crippen molar-refractivity contribution in [3.8, 4) is 5.75 Å². The van der Waals surface area contributed by atoms with E-state index in [1.807, 2.05) is 0 Å². The molecule has 1 N–H and O–H groups in total. The van der Waals surface area contributed by atoms with Gasteiger partial charge in [0.05, 0.1) is 4.90 Å². The Hall–Kier alpha value is -3.31. The minimum absolute atomic E-state index is 0.0409. The number of ether oxygens (including phenoxy) is 1. The van der Waals surface area contributed by atoms with Crippen LogP contribution in [0.15, 0.2) is 34.0 Å². The minimum atomic E-state index is -4.94. The van der Waals surface area contributed by atoms with Gasteiger partial charge in [-0.2, -0.15) is 8.82 Å². The van der Waals surface area contributed by atoms with Crippen LogP contribution in [0.3, 0.4) is 0 Å². The van der Waals surface area contributed by atoms with Crippen molar-refractivity contribution in [2.45, 2.75) is 24.2 Å². The number of nitrogens with zero attached hydrogens (tertiary/aromatic N) is 6. The van der Waals surface area contributed by atoms with E-state index in [4.69, 9.17) is 0 Å². The molecular formula is C17H15F3N6O6S2. The first kappa shape index (κ1) is 23.8. The number of aromatic nitrogens is 4. The Bertz CT molecular complexity index is 1410. The maximum Gasteiger partial charge on any atom is 0.573 e. The highest BCUT2D eigenvalue weighted by atomic mass is 32.2. The van der Waals surface area contributed by atoms with Crippen LogP contribution in [0.1, 0.15) is 5.69 Å². The topological polar surface area (TPSA) is 147 Å². The van der Waals surface area contributed by atoms with Gasteiger partial charge in [-0.25, -0.2) is 8.42 Å². The van der Waals surface area contributed by atoms with E-state index >= 15 is 0 Å². The fourth-order valence-electron chi connectivity index (χ4n) is 3.29. The summed E-state index contributed by atoms with van der Waals surface area (Å²) in [7, 11) is -4.36. The number of aryl methyl sites for hydroxylation is 1. The maximum atomic E-state index is 13.1. The molecule has 17 heteroatoms. The summed E-state index contributed by atoms with van der Waals surface area (Å²) in [4.78, 5) is 25.4. The van der Waals surface area contributed by atoms with Gasteiger partial charge in [-0.1, -0.05) is 11.3 Å². The fourth-order valence-corrected chi connectivity index (χ4v) is 5.73. The third-order valence-corrected chi connectivity index (χ3v) is 7.77. The molecule has 2 aromatic heterocycles. The van der Waals surface area contributed by atoms with Crippen LogP contribution in [0.25, 0.3) is 4.96 Å². The smallest absolute Gasteiger partial charge is 0.480 e. The van der Waals surface area contributed by atoms with Crippen molar-refractivity contribution in [1.29, 1.82) is 0 Å². The van der Waals surface area contributed by atoms with Crippen molar-refractivity contribution in [2.24, 2.45) is 0 Å². The molecule has 1 saturated heterocycles. The predicted molar refractivity (Wildman–Crippen MR) is 110 cm³/mol. The van der Waals surface area contributed by atoms with Crippen LogP contribution < -0.4 is 15.2 Å². The van der Waals surface area contributed by atoms with Crippen molar-refractivity contribution in [3.63, 3.8) is 0 Å². The van der Waals surface area contributed by atoms with Gasteiger partial charge >= 0.3 is 12.3 Å². The van der Waals surface area contributed by atoms with E-state index in [0.29, 0.717) is 0 Å². The molecule has 1 atom stereocenters. The predicted octanol–water partition coefficient (Wildman–Crippen LogP) is 0.717. The molecular weight excluding hydrogens is 505 g/mol. The number of piperazine rings is 1. The van der Waals surface area contributed by atoms with E-state index in [0.717, 1.165) is 44.4 Å². The van der Waals surface area contributed by atoms with Crippen molar-refractivity contribution < 1.29 is 36.2 Å². The van der Waals surface area contributed by atoms with E-state index in [1.165, 1.54) is 11.8 Å². The summed E-state index contributed by atoms with van der Waals surface area (Å²) < 4.78 is 68.7. The zero-order valence-electron chi connectivity index (χ0n) is 17.1. The molecule has 4 rings (SSSR count). The first-order valence-corrected chi connectivity index (χ1v) is 11.7. The Morgan fingerprint density at radius 3 is 2.50 bits per heavy atom. The number of hydrogen-bond donors (Lipinski definition) is 1. The van der Waals surface area contributed by atoms with E-state index in [-0.39, 0.29) is 40.3 Å². The van der Waals surface area contributed by atoms with Crippen LogP contribution in [0, 0.1) is 6.92 Å². The number of anilines is 1. The SMILES string of the molecule is Cc1nnc2sc(N3CCN(S(=O)(=O)c4ccc(OC(F)(F)F)cc4)[C@@H](C(=O)O)C3)nn2c1=O. The maximum absolute atomic E-state index is 13.1. The van der Waals surface area contributed by atoms with E-state index in [9.17, 15) is 36.3 Å². The number of halogens is 3. The molecule has 0 bridgehead atoms. The average Bonchev–Trinajstić information content (AvgIpc) is 3.20. The molecule has 0 spiro atoms. The number of carboxylic acid groups (broad SMARTS) is 1. The van der Waals surface area contributed by atoms with Gasteiger partial charge in [-0.05, 0) is 31.2 Å². The summed E-state index contributed by atoms with van der Waals surface area (Å²) in [5, 5.41) is 21.7. The molecule has 0 aliphatic carbocycles. The van der Waals surface area contributed by atoms with Gasteiger partial charge in [-0.3, -0.25) is 9.59 Å². The summed E-state index contributed by atoms with van der Waals surface area (Å²) in [6, 6.07) is 1.94. The van der Waals surface area contributed by atoms with Crippen LogP contribution in [-0.4, -0.2) is 75.6 Å². The van der Waals surface area contributed by atoms with Crippen molar-refractivity contribution in [3.05, 3.63) is 40.3 Å². The lowest BCUT2D eigenvalue weighted by Crippen LogP contribution is -2.58. The number of benzene rings is 1.